The SMILES string of the molecule is Cc1cc(CNC(=O)c2ccc3ccccc3c2O)no1. The number of phenols is 1. The van der Waals surface area contributed by atoms with Crippen molar-refractivity contribution in [3.05, 3.63) is 59.5 Å². The Morgan fingerprint density at radius 3 is 2.86 bits per heavy atom. The highest BCUT2D eigenvalue weighted by atomic mass is 16.5. The van der Waals surface area contributed by atoms with Crippen LogP contribution in [0, 0.1) is 6.92 Å². The van der Waals surface area contributed by atoms with Gasteiger partial charge < -0.3 is 14.9 Å². The zero-order valence-corrected chi connectivity index (χ0v) is 11.5. The number of nitrogens with zero attached hydrogens (tertiary/aromatic N) is 1. The van der Waals surface area contributed by atoms with Crippen molar-refractivity contribution in [3.8, 4) is 5.75 Å². The summed E-state index contributed by atoms with van der Waals surface area (Å²) < 4.78 is 4.93. The Morgan fingerprint density at radius 1 is 1.29 bits per heavy atom. The lowest BCUT2D eigenvalue weighted by Gasteiger charge is -2.08. The third-order valence-corrected chi connectivity index (χ3v) is 3.25. The molecule has 0 aliphatic rings. The van der Waals surface area contributed by atoms with Crippen LogP contribution in [0.3, 0.4) is 0 Å². The summed E-state index contributed by atoms with van der Waals surface area (Å²) in [4.78, 5) is 12.2. The molecule has 106 valence electrons. The summed E-state index contributed by atoms with van der Waals surface area (Å²) in [5.41, 5.74) is 0.884. The van der Waals surface area contributed by atoms with Gasteiger partial charge in [-0.15, -0.1) is 0 Å². The van der Waals surface area contributed by atoms with Gasteiger partial charge in [0.1, 0.15) is 17.2 Å². The Hall–Kier alpha value is -2.82. The molecule has 0 unspecified atom stereocenters. The van der Waals surface area contributed by atoms with E-state index < -0.39 is 0 Å². The number of benzene rings is 2. The normalized spacial score (nSPS) is 10.7. The van der Waals surface area contributed by atoms with Gasteiger partial charge in [-0.05, 0) is 18.4 Å². The van der Waals surface area contributed by atoms with Crippen molar-refractivity contribution in [2.45, 2.75) is 13.5 Å². The van der Waals surface area contributed by atoms with E-state index in [1.807, 2.05) is 24.3 Å². The van der Waals surface area contributed by atoms with Crippen LogP contribution < -0.4 is 5.32 Å². The predicted octanol–water partition coefficient (Wildman–Crippen LogP) is 2.77. The van der Waals surface area contributed by atoms with Crippen molar-refractivity contribution in [3.63, 3.8) is 0 Å². The number of carbonyl (C=O) groups is 1. The van der Waals surface area contributed by atoms with Gasteiger partial charge >= 0.3 is 0 Å². The molecule has 1 aromatic heterocycles. The predicted molar refractivity (Wildman–Crippen MR) is 78.0 cm³/mol. The number of aryl methyl sites for hydroxylation is 1. The Morgan fingerprint density at radius 2 is 2.10 bits per heavy atom. The Labute approximate surface area is 121 Å². The summed E-state index contributed by atoms with van der Waals surface area (Å²) in [5.74, 6) is 0.327. The minimum Gasteiger partial charge on any atom is -0.506 e. The average molecular weight is 282 g/mol. The minimum absolute atomic E-state index is 0.0121. The molecule has 21 heavy (non-hydrogen) atoms. The largest absolute Gasteiger partial charge is 0.506 e. The van der Waals surface area contributed by atoms with E-state index >= 15 is 0 Å². The van der Waals surface area contributed by atoms with Crippen LogP contribution in [0.25, 0.3) is 10.8 Å². The van der Waals surface area contributed by atoms with Crippen LogP contribution in [0.2, 0.25) is 0 Å². The van der Waals surface area contributed by atoms with Crippen LogP contribution in [0.5, 0.6) is 5.75 Å². The highest BCUT2D eigenvalue weighted by molar-refractivity contribution is 6.03. The summed E-state index contributed by atoms with van der Waals surface area (Å²) >= 11 is 0. The van der Waals surface area contributed by atoms with Crippen molar-refractivity contribution in [2.75, 3.05) is 0 Å². The van der Waals surface area contributed by atoms with E-state index in [1.165, 1.54) is 0 Å². The molecule has 2 N–H and O–H groups in total. The number of aromatic hydroxyl groups is 1. The molecule has 0 aliphatic heterocycles. The second-order valence-electron chi connectivity index (χ2n) is 4.79. The van der Waals surface area contributed by atoms with Crippen LogP contribution in [0.4, 0.5) is 0 Å². The quantitative estimate of drug-likeness (QED) is 0.774. The maximum absolute atomic E-state index is 12.2. The van der Waals surface area contributed by atoms with E-state index in [9.17, 15) is 9.90 Å². The maximum atomic E-state index is 12.2. The van der Waals surface area contributed by atoms with Crippen molar-refractivity contribution in [1.29, 1.82) is 0 Å². The van der Waals surface area contributed by atoms with Gasteiger partial charge in [0, 0.05) is 11.5 Å². The molecule has 0 saturated carbocycles. The lowest BCUT2D eigenvalue weighted by Crippen LogP contribution is -2.23. The van der Waals surface area contributed by atoms with Crippen LogP contribution in [0.15, 0.2) is 47.0 Å². The molecule has 0 spiro atoms. The number of rotatable bonds is 3. The molecule has 1 heterocycles. The van der Waals surface area contributed by atoms with Gasteiger partial charge in [-0.3, -0.25) is 4.79 Å². The number of hydrogen-bond donors (Lipinski definition) is 2. The lowest BCUT2D eigenvalue weighted by atomic mass is 10.0. The number of fused-ring (bicyclic) bond motifs is 1. The third-order valence-electron chi connectivity index (χ3n) is 3.25. The average Bonchev–Trinajstić information content (AvgIpc) is 2.91. The van der Waals surface area contributed by atoms with Crippen LogP contribution >= 0.6 is 0 Å². The summed E-state index contributed by atoms with van der Waals surface area (Å²) in [5, 5.41) is 18.3. The summed E-state index contributed by atoms with van der Waals surface area (Å²) in [7, 11) is 0. The summed E-state index contributed by atoms with van der Waals surface area (Å²) in [6, 6.07) is 12.5. The molecule has 5 heteroatoms. The van der Waals surface area contributed by atoms with Crippen molar-refractivity contribution in [1.82, 2.24) is 10.5 Å². The first kappa shape index (κ1) is 13.2. The fraction of sp³-hybridized carbons (Fsp3) is 0.125. The van der Waals surface area contributed by atoms with Crippen LogP contribution in [-0.4, -0.2) is 16.2 Å². The number of amides is 1. The fourth-order valence-corrected chi connectivity index (χ4v) is 2.21. The molecule has 0 fully saturated rings. The first-order valence-corrected chi connectivity index (χ1v) is 6.56. The molecule has 5 nitrogen and oxygen atoms in total. The highest BCUT2D eigenvalue weighted by Gasteiger charge is 2.14. The van der Waals surface area contributed by atoms with Crippen LogP contribution in [0.1, 0.15) is 21.8 Å². The van der Waals surface area contributed by atoms with Crippen molar-refractivity contribution >= 4 is 16.7 Å². The van der Waals surface area contributed by atoms with Gasteiger partial charge in [0.25, 0.3) is 5.91 Å². The van der Waals surface area contributed by atoms with Gasteiger partial charge in [0.2, 0.25) is 0 Å². The molecular formula is C16H14N2O3. The minimum atomic E-state index is -0.348. The standard InChI is InChI=1S/C16H14N2O3/c1-10-8-12(18-21-10)9-17-16(20)14-7-6-11-4-2-3-5-13(11)15(14)19/h2-8,19H,9H2,1H3,(H,17,20). The van der Waals surface area contributed by atoms with Crippen molar-refractivity contribution < 1.29 is 14.4 Å². The summed E-state index contributed by atoms with van der Waals surface area (Å²) in [6.45, 7) is 2.04. The molecule has 0 saturated heterocycles. The second kappa shape index (κ2) is 5.28. The van der Waals surface area contributed by atoms with E-state index in [0.717, 1.165) is 5.39 Å². The highest BCUT2D eigenvalue weighted by Crippen LogP contribution is 2.28. The van der Waals surface area contributed by atoms with Gasteiger partial charge in [0.15, 0.2) is 0 Å². The monoisotopic (exact) mass is 282 g/mol. The first-order valence-electron chi connectivity index (χ1n) is 6.56. The lowest BCUT2D eigenvalue weighted by molar-refractivity contribution is 0.0947. The second-order valence-corrected chi connectivity index (χ2v) is 4.79. The Balaban J connectivity index is 1.82. The molecule has 1 amide bonds. The number of nitrogens with one attached hydrogen (secondary N) is 1. The topological polar surface area (TPSA) is 75.4 Å². The van der Waals surface area contributed by atoms with Crippen LogP contribution in [-0.2, 0) is 6.54 Å². The zero-order chi connectivity index (χ0) is 14.8. The molecule has 0 aliphatic carbocycles. The summed E-state index contributed by atoms with van der Waals surface area (Å²) in [6.07, 6.45) is 0. The van der Waals surface area contributed by atoms with Gasteiger partial charge in [0.05, 0.1) is 12.1 Å². The van der Waals surface area contributed by atoms with Gasteiger partial charge in [-0.1, -0.05) is 35.5 Å². The number of aromatic nitrogens is 1. The number of phenolic OH excluding ortho intramolecular Hbond substituents is 1. The molecule has 2 aromatic carbocycles. The van der Waals surface area contributed by atoms with E-state index in [0.29, 0.717) is 16.8 Å². The molecule has 3 aromatic rings. The first-order chi connectivity index (χ1) is 10.1. The zero-order valence-electron chi connectivity index (χ0n) is 11.5. The van der Waals surface area contributed by atoms with E-state index in [1.54, 1.807) is 25.1 Å². The van der Waals surface area contributed by atoms with Gasteiger partial charge in [-0.25, -0.2) is 0 Å². The third kappa shape index (κ3) is 2.58. The molecule has 3 rings (SSSR count). The van der Waals surface area contributed by atoms with E-state index in [2.05, 4.69) is 10.5 Å². The molecule has 0 radical (unpaired) electrons. The van der Waals surface area contributed by atoms with Crippen molar-refractivity contribution in [2.24, 2.45) is 0 Å². The fourth-order valence-electron chi connectivity index (χ4n) is 2.21. The van der Waals surface area contributed by atoms with E-state index in [-0.39, 0.29) is 23.8 Å². The van der Waals surface area contributed by atoms with E-state index in [4.69, 9.17) is 4.52 Å². The number of hydrogen-bond acceptors (Lipinski definition) is 4. The Bertz CT molecular complexity index is 808. The molecular weight excluding hydrogens is 268 g/mol. The smallest absolute Gasteiger partial charge is 0.255 e. The maximum Gasteiger partial charge on any atom is 0.255 e. The Kier molecular flexibility index (Phi) is 3.31. The molecule has 0 atom stereocenters. The van der Waals surface area contributed by atoms with Gasteiger partial charge in [-0.2, -0.15) is 0 Å². The molecule has 0 bridgehead atoms. The number of carbonyl (C=O) groups excluding carboxylic acids is 1.